The Morgan fingerprint density at radius 1 is 1.06 bits per heavy atom. The zero-order chi connectivity index (χ0) is 25.7. The van der Waals surface area contributed by atoms with E-state index >= 15 is 0 Å². The van der Waals surface area contributed by atoms with Crippen LogP contribution in [0.5, 0.6) is 5.75 Å². The van der Waals surface area contributed by atoms with Crippen LogP contribution in [0, 0.1) is 5.92 Å². The van der Waals surface area contributed by atoms with Crippen LogP contribution in [0.25, 0.3) is 0 Å². The Morgan fingerprint density at radius 3 is 2.44 bits per heavy atom. The molecule has 0 bridgehead atoms. The highest BCUT2D eigenvalue weighted by Crippen LogP contribution is 2.34. The number of nitrogens with zero attached hydrogens (tertiary/aromatic N) is 3. The van der Waals surface area contributed by atoms with Crippen LogP contribution < -0.4 is 4.74 Å². The molecule has 2 aromatic rings. The van der Waals surface area contributed by atoms with Crippen molar-refractivity contribution in [3.05, 3.63) is 51.7 Å². The van der Waals surface area contributed by atoms with E-state index in [9.17, 15) is 9.59 Å². The van der Waals surface area contributed by atoms with Crippen LogP contribution >= 0.6 is 11.3 Å². The van der Waals surface area contributed by atoms with Crippen LogP contribution in [-0.2, 0) is 16.0 Å². The fourth-order valence-corrected chi connectivity index (χ4v) is 6.08. The van der Waals surface area contributed by atoms with Gasteiger partial charge in [-0.3, -0.25) is 9.59 Å². The molecule has 1 fully saturated rings. The van der Waals surface area contributed by atoms with E-state index in [1.807, 2.05) is 30.9 Å². The minimum absolute atomic E-state index is 0.00558. The number of hydrogen-bond donors (Lipinski definition) is 0. The molecule has 0 saturated carbocycles. The van der Waals surface area contributed by atoms with Gasteiger partial charge in [-0.2, -0.15) is 0 Å². The Kier molecular flexibility index (Phi) is 9.07. The number of fused-ring (bicyclic) bond motifs is 1. The van der Waals surface area contributed by atoms with E-state index in [4.69, 9.17) is 4.74 Å². The first-order chi connectivity index (χ1) is 17.3. The number of hydrogen-bond acceptors (Lipinski definition) is 5. The standard InChI is InChI=1S/C29H41N3O3S/c1-21(2)23-7-9-24(10-8-23)35-20-26-25-12-18-36-27(25)11-15-32(26)28(33)19-31(29(34)22(3)4)17-16-30-13-5-6-14-30/h7-10,12,18,21-22,26H,5-6,11,13-17,19-20H2,1-4H3/t26-/m0/s1. The van der Waals surface area contributed by atoms with Crippen molar-refractivity contribution in [3.63, 3.8) is 0 Å². The Bertz CT molecular complexity index is 1010. The maximum absolute atomic E-state index is 13.7. The van der Waals surface area contributed by atoms with Crippen molar-refractivity contribution in [2.45, 2.75) is 58.9 Å². The predicted octanol–water partition coefficient (Wildman–Crippen LogP) is 4.96. The molecule has 2 aliphatic heterocycles. The summed E-state index contributed by atoms with van der Waals surface area (Å²) in [5, 5.41) is 2.10. The number of benzene rings is 1. The quantitative estimate of drug-likeness (QED) is 0.453. The van der Waals surface area contributed by atoms with Crippen molar-refractivity contribution in [2.75, 3.05) is 45.9 Å². The predicted molar refractivity (Wildman–Crippen MR) is 146 cm³/mol. The molecule has 4 rings (SSSR count). The second kappa shape index (κ2) is 12.2. The van der Waals surface area contributed by atoms with Gasteiger partial charge in [0.25, 0.3) is 0 Å². The molecule has 1 atom stereocenters. The summed E-state index contributed by atoms with van der Waals surface area (Å²) in [6.07, 6.45) is 3.29. The first kappa shape index (κ1) is 26.7. The molecule has 2 aliphatic rings. The summed E-state index contributed by atoms with van der Waals surface area (Å²) >= 11 is 1.75. The second-order valence-corrected chi connectivity index (χ2v) is 11.7. The maximum atomic E-state index is 13.7. The van der Waals surface area contributed by atoms with E-state index in [1.54, 1.807) is 16.2 Å². The summed E-state index contributed by atoms with van der Waals surface area (Å²) in [4.78, 5) is 34.1. The van der Waals surface area contributed by atoms with Crippen LogP contribution in [0.2, 0.25) is 0 Å². The average molecular weight is 512 g/mol. The van der Waals surface area contributed by atoms with Crippen LogP contribution in [0.1, 0.15) is 68.5 Å². The van der Waals surface area contributed by atoms with Crippen molar-refractivity contribution < 1.29 is 14.3 Å². The lowest BCUT2D eigenvalue weighted by Gasteiger charge is -2.37. The van der Waals surface area contributed by atoms with Gasteiger partial charge in [0, 0.05) is 30.4 Å². The summed E-state index contributed by atoms with van der Waals surface area (Å²) in [6.45, 7) is 13.0. The summed E-state index contributed by atoms with van der Waals surface area (Å²) in [7, 11) is 0. The SMILES string of the molecule is CC(C)C(=O)N(CCN1CCCC1)CC(=O)N1CCc2sccc2[C@@H]1COc1ccc(C(C)C)cc1. The highest BCUT2D eigenvalue weighted by Gasteiger charge is 2.34. The molecule has 0 radical (unpaired) electrons. The van der Waals surface area contributed by atoms with Gasteiger partial charge in [-0.05, 0) is 73.0 Å². The monoisotopic (exact) mass is 511 g/mol. The molecule has 6 nitrogen and oxygen atoms in total. The van der Waals surface area contributed by atoms with Crippen LogP contribution in [0.4, 0.5) is 0 Å². The van der Waals surface area contributed by atoms with Gasteiger partial charge >= 0.3 is 0 Å². The Balaban J connectivity index is 1.45. The third-order valence-corrected chi connectivity index (χ3v) is 8.38. The van der Waals surface area contributed by atoms with Crippen molar-refractivity contribution in [3.8, 4) is 5.75 Å². The topological polar surface area (TPSA) is 53.1 Å². The highest BCUT2D eigenvalue weighted by molar-refractivity contribution is 7.10. The molecule has 3 heterocycles. The Hall–Kier alpha value is -2.38. The molecule has 196 valence electrons. The van der Waals surface area contributed by atoms with Gasteiger partial charge < -0.3 is 19.4 Å². The molecule has 1 aromatic carbocycles. The van der Waals surface area contributed by atoms with Crippen molar-refractivity contribution in [1.82, 2.24) is 14.7 Å². The molecule has 0 unspecified atom stereocenters. The highest BCUT2D eigenvalue weighted by atomic mass is 32.1. The maximum Gasteiger partial charge on any atom is 0.242 e. The van der Waals surface area contributed by atoms with E-state index in [2.05, 4.69) is 42.3 Å². The first-order valence-electron chi connectivity index (χ1n) is 13.4. The van der Waals surface area contributed by atoms with Crippen LogP contribution in [0.3, 0.4) is 0 Å². The number of carbonyl (C=O) groups is 2. The third-order valence-electron chi connectivity index (χ3n) is 7.39. The Labute approximate surface area is 220 Å². The molecule has 36 heavy (non-hydrogen) atoms. The molecule has 1 aromatic heterocycles. The van der Waals surface area contributed by atoms with Crippen LogP contribution in [0.15, 0.2) is 35.7 Å². The number of thiophene rings is 1. The van der Waals surface area contributed by atoms with Gasteiger partial charge in [0.2, 0.25) is 11.8 Å². The summed E-state index contributed by atoms with van der Waals surface area (Å²) < 4.78 is 6.22. The smallest absolute Gasteiger partial charge is 0.242 e. The molecule has 2 amide bonds. The molecule has 7 heteroatoms. The number of ether oxygens (including phenoxy) is 1. The number of amides is 2. The fraction of sp³-hybridized carbons (Fsp3) is 0.586. The lowest BCUT2D eigenvalue weighted by atomic mass is 10.00. The minimum Gasteiger partial charge on any atom is -0.491 e. The summed E-state index contributed by atoms with van der Waals surface area (Å²) in [6, 6.07) is 10.2. The molecular formula is C29H41N3O3S. The van der Waals surface area contributed by atoms with Gasteiger partial charge in [-0.15, -0.1) is 11.3 Å². The summed E-state index contributed by atoms with van der Waals surface area (Å²) in [5.41, 5.74) is 2.46. The van der Waals surface area contributed by atoms with E-state index in [1.165, 1.54) is 28.8 Å². The number of likely N-dealkylation sites (tertiary alicyclic amines) is 1. The van der Waals surface area contributed by atoms with Crippen molar-refractivity contribution >= 4 is 23.2 Å². The van der Waals surface area contributed by atoms with Crippen LogP contribution in [-0.4, -0.2) is 72.4 Å². The zero-order valence-corrected chi connectivity index (χ0v) is 23.1. The molecular weight excluding hydrogens is 470 g/mol. The van der Waals surface area contributed by atoms with E-state index < -0.39 is 0 Å². The fourth-order valence-electron chi connectivity index (χ4n) is 5.15. The van der Waals surface area contributed by atoms with E-state index in [0.29, 0.717) is 25.6 Å². The lowest BCUT2D eigenvalue weighted by Crippen LogP contribution is -2.49. The number of rotatable bonds is 10. The lowest BCUT2D eigenvalue weighted by molar-refractivity contribution is -0.144. The van der Waals surface area contributed by atoms with Gasteiger partial charge in [-0.1, -0.05) is 39.8 Å². The van der Waals surface area contributed by atoms with Gasteiger partial charge in [0.1, 0.15) is 12.4 Å². The van der Waals surface area contributed by atoms with Gasteiger partial charge in [-0.25, -0.2) is 0 Å². The van der Waals surface area contributed by atoms with E-state index in [0.717, 1.165) is 31.8 Å². The van der Waals surface area contributed by atoms with Crippen molar-refractivity contribution in [2.24, 2.45) is 5.92 Å². The molecule has 0 N–H and O–H groups in total. The average Bonchev–Trinajstić information content (AvgIpc) is 3.56. The molecule has 1 saturated heterocycles. The second-order valence-electron chi connectivity index (χ2n) is 10.7. The molecule has 0 spiro atoms. The zero-order valence-electron chi connectivity index (χ0n) is 22.2. The van der Waals surface area contributed by atoms with E-state index in [-0.39, 0.29) is 30.3 Å². The molecule has 0 aliphatic carbocycles. The van der Waals surface area contributed by atoms with Crippen molar-refractivity contribution in [1.29, 1.82) is 0 Å². The minimum atomic E-state index is -0.146. The van der Waals surface area contributed by atoms with Gasteiger partial charge in [0.05, 0.1) is 12.6 Å². The summed E-state index contributed by atoms with van der Waals surface area (Å²) in [5.74, 6) is 1.21. The Morgan fingerprint density at radius 2 is 1.78 bits per heavy atom. The first-order valence-corrected chi connectivity index (χ1v) is 14.3. The third kappa shape index (κ3) is 6.48. The normalized spacial score (nSPS) is 18.1. The largest absolute Gasteiger partial charge is 0.491 e. The number of carbonyl (C=O) groups excluding carboxylic acids is 2. The van der Waals surface area contributed by atoms with Gasteiger partial charge in [0.15, 0.2) is 0 Å².